The second kappa shape index (κ2) is 7.56. The lowest BCUT2D eigenvalue weighted by Gasteiger charge is -2.12. The molecule has 2 nitrogen and oxygen atoms in total. The quantitative estimate of drug-likeness (QED) is 0.435. The van der Waals surface area contributed by atoms with Gasteiger partial charge in [0, 0.05) is 21.7 Å². The minimum absolute atomic E-state index is 0. The molecule has 0 spiro atoms. The van der Waals surface area contributed by atoms with E-state index in [1.54, 1.807) is 0 Å². The fourth-order valence-corrected chi connectivity index (χ4v) is 2.95. The number of hydrogen-bond acceptors (Lipinski definition) is 2. The van der Waals surface area contributed by atoms with Gasteiger partial charge >= 0.3 is 0 Å². The molecule has 0 unspecified atom stereocenters. The molecule has 4 rings (SSSR count). The van der Waals surface area contributed by atoms with Crippen molar-refractivity contribution in [1.29, 1.82) is 0 Å². The lowest BCUT2D eigenvalue weighted by Crippen LogP contribution is -1.95. The summed E-state index contributed by atoms with van der Waals surface area (Å²) in [6.45, 7) is 0. The summed E-state index contributed by atoms with van der Waals surface area (Å²) in [7, 11) is 0. The molecule has 1 N–H and O–H groups in total. The number of para-hydroxylation sites is 1. The van der Waals surface area contributed by atoms with Crippen LogP contribution in [0.15, 0.2) is 84.9 Å². The van der Waals surface area contributed by atoms with E-state index in [1.807, 2.05) is 60.7 Å². The first kappa shape index (κ1) is 17.3. The van der Waals surface area contributed by atoms with Crippen LogP contribution in [0.2, 0.25) is 5.02 Å². The maximum absolute atomic E-state index is 6.10. The van der Waals surface area contributed by atoms with Gasteiger partial charge in [0.2, 0.25) is 0 Å². The van der Waals surface area contributed by atoms with E-state index in [2.05, 4.69) is 29.6 Å². The minimum atomic E-state index is 0. The van der Waals surface area contributed by atoms with Gasteiger partial charge in [-0.15, -0.1) is 12.4 Å². The average molecular weight is 367 g/mol. The van der Waals surface area contributed by atoms with Gasteiger partial charge in [-0.05, 0) is 30.3 Å². The molecule has 0 amide bonds. The molecule has 0 aliphatic rings. The van der Waals surface area contributed by atoms with Crippen LogP contribution in [0.4, 0.5) is 11.4 Å². The molecule has 3 aromatic carbocycles. The second-order valence-electron chi connectivity index (χ2n) is 5.57. The zero-order chi connectivity index (χ0) is 16.4. The maximum Gasteiger partial charge on any atom is 0.0730 e. The summed E-state index contributed by atoms with van der Waals surface area (Å²) in [6, 6.07) is 28.1. The molecular formula is C21H16Cl2N2. The summed E-state index contributed by atoms with van der Waals surface area (Å²) in [6.07, 6.45) is 0. The lowest BCUT2D eigenvalue weighted by molar-refractivity contribution is 1.39. The number of nitrogens with one attached hydrogen (secondary N) is 1. The van der Waals surface area contributed by atoms with E-state index in [1.165, 1.54) is 0 Å². The standard InChI is InChI=1S/C21H15ClN2.ClH/c22-16-9-6-10-17(13-16)23-21-14-20(15-7-2-1-3-8-15)24-19-12-5-4-11-18(19)21;/h1-14H,(H,23,24);1H. The third-order valence-electron chi connectivity index (χ3n) is 3.89. The summed E-state index contributed by atoms with van der Waals surface area (Å²) in [4.78, 5) is 4.80. The highest BCUT2D eigenvalue weighted by Gasteiger charge is 2.08. The van der Waals surface area contributed by atoms with Gasteiger partial charge in [0.1, 0.15) is 0 Å². The molecular weight excluding hydrogens is 351 g/mol. The topological polar surface area (TPSA) is 24.9 Å². The largest absolute Gasteiger partial charge is 0.355 e. The molecule has 1 aromatic heterocycles. The molecule has 4 heteroatoms. The zero-order valence-electron chi connectivity index (χ0n) is 13.3. The molecule has 0 radical (unpaired) electrons. The van der Waals surface area contributed by atoms with E-state index in [-0.39, 0.29) is 12.4 Å². The molecule has 124 valence electrons. The number of pyridine rings is 1. The Morgan fingerprint density at radius 2 is 1.52 bits per heavy atom. The van der Waals surface area contributed by atoms with Crippen molar-refractivity contribution in [3.63, 3.8) is 0 Å². The summed E-state index contributed by atoms with van der Waals surface area (Å²) in [5.41, 5.74) is 4.97. The molecule has 1 heterocycles. The lowest BCUT2D eigenvalue weighted by atomic mass is 10.1. The summed E-state index contributed by atoms with van der Waals surface area (Å²) >= 11 is 6.10. The second-order valence-corrected chi connectivity index (χ2v) is 6.01. The smallest absolute Gasteiger partial charge is 0.0730 e. The van der Waals surface area contributed by atoms with Gasteiger partial charge in [0.25, 0.3) is 0 Å². The van der Waals surface area contributed by atoms with Crippen LogP contribution in [-0.2, 0) is 0 Å². The van der Waals surface area contributed by atoms with Crippen molar-refractivity contribution in [2.75, 3.05) is 5.32 Å². The molecule has 0 saturated carbocycles. The molecule has 0 atom stereocenters. The van der Waals surface area contributed by atoms with E-state index < -0.39 is 0 Å². The Balaban J connectivity index is 0.00000182. The number of fused-ring (bicyclic) bond motifs is 1. The monoisotopic (exact) mass is 366 g/mol. The van der Waals surface area contributed by atoms with Crippen molar-refractivity contribution in [2.24, 2.45) is 0 Å². The highest BCUT2D eigenvalue weighted by atomic mass is 35.5. The Bertz CT molecular complexity index is 1000. The van der Waals surface area contributed by atoms with Gasteiger partial charge < -0.3 is 5.32 Å². The first-order chi connectivity index (χ1) is 11.8. The molecule has 4 aromatic rings. The Morgan fingerprint density at radius 1 is 0.760 bits per heavy atom. The number of anilines is 2. The van der Waals surface area contributed by atoms with E-state index in [9.17, 15) is 0 Å². The van der Waals surface area contributed by atoms with Crippen molar-refractivity contribution < 1.29 is 0 Å². The summed E-state index contributed by atoms with van der Waals surface area (Å²) in [5, 5.41) is 5.26. The number of hydrogen-bond donors (Lipinski definition) is 1. The Morgan fingerprint density at radius 3 is 2.32 bits per heavy atom. The SMILES string of the molecule is Cl.Clc1cccc(Nc2cc(-c3ccccc3)nc3ccccc23)c1. The van der Waals surface area contributed by atoms with Crippen LogP contribution in [-0.4, -0.2) is 4.98 Å². The van der Waals surface area contributed by atoms with Gasteiger partial charge in [-0.3, -0.25) is 0 Å². The number of rotatable bonds is 3. The van der Waals surface area contributed by atoms with Crippen molar-refractivity contribution in [3.05, 3.63) is 90.0 Å². The van der Waals surface area contributed by atoms with Crippen LogP contribution >= 0.6 is 24.0 Å². The van der Waals surface area contributed by atoms with Crippen molar-refractivity contribution in [3.8, 4) is 11.3 Å². The number of aromatic nitrogens is 1. The highest BCUT2D eigenvalue weighted by molar-refractivity contribution is 6.30. The van der Waals surface area contributed by atoms with Crippen LogP contribution in [0.1, 0.15) is 0 Å². The number of nitrogens with zero attached hydrogens (tertiary/aromatic N) is 1. The fraction of sp³-hybridized carbons (Fsp3) is 0. The third-order valence-corrected chi connectivity index (χ3v) is 4.12. The molecule has 0 aliphatic heterocycles. The summed E-state index contributed by atoms with van der Waals surface area (Å²) < 4.78 is 0. The van der Waals surface area contributed by atoms with Crippen LogP contribution in [0.5, 0.6) is 0 Å². The van der Waals surface area contributed by atoms with Crippen LogP contribution in [0, 0.1) is 0 Å². The minimum Gasteiger partial charge on any atom is -0.355 e. The van der Waals surface area contributed by atoms with Gasteiger partial charge in [-0.2, -0.15) is 0 Å². The molecule has 0 aliphatic carbocycles. The maximum atomic E-state index is 6.10. The zero-order valence-corrected chi connectivity index (χ0v) is 14.9. The van der Waals surface area contributed by atoms with Gasteiger partial charge in [-0.25, -0.2) is 4.98 Å². The van der Waals surface area contributed by atoms with Crippen LogP contribution in [0.3, 0.4) is 0 Å². The van der Waals surface area contributed by atoms with E-state index in [0.717, 1.165) is 33.5 Å². The third kappa shape index (κ3) is 3.76. The Hall–Kier alpha value is -2.55. The summed E-state index contributed by atoms with van der Waals surface area (Å²) in [5.74, 6) is 0. The Labute approximate surface area is 157 Å². The van der Waals surface area contributed by atoms with Crippen LogP contribution in [0.25, 0.3) is 22.2 Å². The molecule has 0 saturated heterocycles. The predicted octanol–water partition coefficient (Wildman–Crippen LogP) is 6.72. The predicted molar refractivity (Wildman–Crippen MR) is 109 cm³/mol. The molecule has 0 fully saturated rings. The van der Waals surface area contributed by atoms with Gasteiger partial charge in [0.15, 0.2) is 0 Å². The van der Waals surface area contributed by atoms with E-state index in [4.69, 9.17) is 16.6 Å². The average Bonchev–Trinajstić information content (AvgIpc) is 2.62. The van der Waals surface area contributed by atoms with E-state index in [0.29, 0.717) is 5.02 Å². The highest BCUT2D eigenvalue weighted by Crippen LogP contribution is 2.30. The fourth-order valence-electron chi connectivity index (χ4n) is 2.76. The van der Waals surface area contributed by atoms with E-state index >= 15 is 0 Å². The van der Waals surface area contributed by atoms with Crippen molar-refractivity contribution >= 4 is 46.3 Å². The van der Waals surface area contributed by atoms with Gasteiger partial charge in [-0.1, -0.05) is 66.2 Å². The molecule has 25 heavy (non-hydrogen) atoms. The van der Waals surface area contributed by atoms with Crippen molar-refractivity contribution in [1.82, 2.24) is 4.98 Å². The molecule has 0 bridgehead atoms. The number of benzene rings is 3. The van der Waals surface area contributed by atoms with Gasteiger partial charge in [0.05, 0.1) is 16.9 Å². The first-order valence-electron chi connectivity index (χ1n) is 7.77. The van der Waals surface area contributed by atoms with Crippen LogP contribution < -0.4 is 5.32 Å². The normalized spacial score (nSPS) is 10.3. The van der Waals surface area contributed by atoms with Crippen molar-refractivity contribution in [2.45, 2.75) is 0 Å². The number of halogens is 2. The Kier molecular flexibility index (Phi) is 5.22. The first-order valence-corrected chi connectivity index (χ1v) is 8.15.